The zero-order valence-corrected chi connectivity index (χ0v) is 17.1. The number of benzene rings is 1. The van der Waals surface area contributed by atoms with Crippen LogP contribution in [0.4, 0.5) is 13.6 Å². The number of carbonyl (C=O) groups excluding carboxylic acids is 1. The van der Waals surface area contributed by atoms with Crippen LogP contribution in [-0.4, -0.2) is 32.5 Å². The van der Waals surface area contributed by atoms with Gasteiger partial charge in [-0.25, -0.2) is 22.0 Å². The SMILES string of the molecule is CCS(=O)(=O)C(C#N)=CC[C@](CF)(NC(=O)OC(C)(C)C)c1ccccc1F. The maximum Gasteiger partial charge on any atom is 0.408 e. The van der Waals surface area contributed by atoms with Gasteiger partial charge in [0, 0.05) is 5.56 Å². The predicted octanol–water partition coefficient (Wildman–Crippen LogP) is 3.75. The molecular formula is C19H24F2N2O4S. The van der Waals surface area contributed by atoms with Gasteiger partial charge in [0.2, 0.25) is 0 Å². The van der Waals surface area contributed by atoms with Crippen molar-refractivity contribution in [1.82, 2.24) is 5.32 Å². The van der Waals surface area contributed by atoms with Gasteiger partial charge in [-0.15, -0.1) is 0 Å². The van der Waals surface area contributed by atoms with Gasteiger partial charge in [-0.1, -0.05) is 31.2 Å². The second-order valence-electron chi connectivity index (χ2n) is 7.11. The van der Waals surface area contributed by atoms with Gasteiger partial charge < -0.3 is 10.1 Å². The van der Waals surface area contributed by atoms with Crippen molar-refractivity contribution in [1.29, 1.82) is 5.26 Å². The van der Waals surface area contributed by atoms with Crippen LogP contribution in [-0.2, 0) is 20.1 Å². The van der Waals surface area contributed by atoms with E-state index >= 15 is 0 Å². The van der Waals surface area contributed by atoms with Crippen LogP contribution >= 0.6 is 0 Å². The molecule has 0 unspecified atom stereocenters. The molecule has 0 fully saturated rings. The molecule has 0 radical (unpaired) electrons. The van der Waals surface area contributed by atoms with Crippen molar-refractivity contribution in [3.63, 3.8) is 0 Å². The molecule has 28 heavy (non-hydrogen) atoms. The number of rotatable bonds is 7. The number of alkyl halides is 1. The molecule has 1 atom stereocenters. The average Bonchev–Trinajstić information content (AvgIpc) is 2.60. The molecule has 9 heteroatoms. The van der Waals surface area contributed by atoms with Crippen LogP contribution in [0.5, 0.6) is 0 Å². The van der Waals surface area contributed by atoms with Crippen molar-refractivity contribution in [2.75, 3.05) is 12.4 Å². The summed E-state index contributed by atoms with van der Waals surface area (Å²) in [4.78, 5) is 11.7. The molecule has 0 saturated carbocycles. The first-order valence-corrected chi connectivity index (χ1v) is 10.2. The van der Waals surface area contributed by atoms with Gasteiger partial charge in [-0.3, -0.25) is 0 Å². The first-order chi connectivity index (χ1) is 12.9. The van der Waals surface area contributed by atoms with E-state index in [-0.39, 0.29) is 11.3 Å². The van der Waals surface area contributed by atoms with Gasteiger partial charge in [-0.2, -0.15) is 5.26 Å². The number of halogens is 2. The molecule has 0 aliphatic rings. The standard InChI is InChI=1S/C19H24F2N2O4S/c1-5-28(25,26)14(12-22)10-11-19(13-20,15-8-6-7-9-16(15)21)23-17(24)27-18(2,3)4/h6-10H,5,11,13H2,1-4H3,(H,23,24)/t19-/m1/s1. The van der Waals surface area contributed by atoms with Crippen LogP contribution in [0, 0.1) is 17.1 Å². The highest BCUT2D eigenvalue weighted by Gasteiger charge is 2.37. The van der Waals surface area contributed by atoms with E-state index in [0.717, 1.165) is 12.1 Å². The predicted molar refractivity (Wildman–Crippen MR) is 101 cm³/mol. The number of hydrogen-bond acceptors (Lipinski definition) is 5. The molecule has 0 saturated heterocycles. The van der Waals surface area contributed by atoms with Gasteiger partial charge >= 0.3 is 6.09 Å². The molecule has 0 bridgehead atoms. The number of sulfone groups is 1. The minimum atomic E-state index is -3.85. The summed E-state index contributed by atoms with van der Waals surface area (Å²) in [6.45, 7) is 4.92. The lowest BCUT2D eigenvalue weighted by Crippen LogP contribution is -2.49. The average molecular weight is 414 g/mol. The molecule has 1 aromatic carbocycles. The molecule has 1 aromatic rings. The summed E-state index contributed by atoms with van der Waals surface area (Å²) in [5, 5.41) is 11.5. The molecule has 0 heterocycles. The molecule has 1 amide bonds. The minimum Gasteiger partial charge on any atom is -0.444 e. The quantitative estimate of drug-likeness (QED) is 0.686. The van der Waals surface area contributed by atoms with E-state index in [1.807, 2.05) is 0 Å². The molecule has 6 nitrogen and oxygen atoms in total. The number of allylic oxidation sites excluding steroid dienone is 1. The van der Waals surface area contributed by atoms with Crippen molar-refractivity contribution in [2.45, 2.75) is 45.3 Å². The Morgan fingerprint density at radius 3 is 2.39 bits per heavy atom. The van der Waals surface area contributed by atoms with E-state index in [4.69, 9.17) is 10.00 Å². The van der Waals surface area contributed by atoms with Crippen molar-refractivity contribution in [3.05, 3.63) is 46.6 Å². The lowest BCUT2D eigenvalue weighted by atomic mass is 9.87. The second kappa shape index (κ2) is 9.15. The van der Waals surface area contributed by atoms with Crippen LogP contribution in [0.1, 0.15) is 39.7 Å². The Bertz CT molecular complexity index is 886. The molecule has 1 N–H and O–H groups in total. The minimum absolute atomic E-state index is 0.189. The lowest BCUT2D eigenvalue weighted by Gasteiger charge is -2.33. The number of amides is 1. The van der Waals surface area contributed by atoms with Crippen LogP contribution in [0.2, 0.25) is 0 Å². The van der Waals surface area contributed by atoms with Gasteiger partial charge in [0.25, 0.3) is 0 Å². The normalized spacial score (nSPS) is 14.7. The fourth-order valence-electron chi connectivity index (χ4n) is 2.40. The Labute approximate surface area is 164 Å². The Hall–Kier alpha value is -2.47. The summed E-state index contributed by atoms with van der Waals surface area (Å²) >= 11 is 0. The van der Waals surface area contributed by atoms with Crippen LogP contribution in [0.25, 0.3) is 0 Å². The number of hydrogen-bond donors (Lipinski definition) is 1. The monoisotopic (exact) mass is 414 g/mol. The highest BCUT2D eigenvalue weighted by Crippen LogP contribution is 2.30. The van der Waals surface area contributed by atoms with Crippen molar-refractivity contribution in [2.24, 2.45) is 0 Å². The first kappa shape index (κ1) is 23.6. The largest absolute Gasteiger partial charge is 0.444 e. The summed E-state index contributed by atoms with van der Waals surface area (Å²) in [6, 6.07) is 6.78. The molecule has 0 spiro atoms. The highest BCUT2D eigenvalue weighted by atomic mass is 32.2. The van der Waals surface area contributed by atoms with Crippen LogP contribution in [0.3, 0.4) is 0 Å². The number of nitriles is 1. The topological polar surface area (TPSA) is 96.3 Å². The highest BCUT2D eigenvalue weighted by molar-refractivity contribution is 7.95. The fraction of sp³-hybridized carbons (Fsp3) is 0.474. The smallest absolute Gasteiger partial charge is 0.408 e. The summed E-state index contributed by atoms with van der Waals surface area (Å²) in [5.74, 6) is -1.12. The van der Waals surface area contributed by atoms with Gasteiger partial charge in [0.15, 0.2) is 9.84 Å². The maximum absolute atomic E-state index is 14.4. The van der Waals surface area contributed by atoms with Crippen LogP contribution < -0.4 is 5.32 Å². The molecular weight excluding hydrogens is 390 g/mol. The summed E-state index contributed by atoms with van der Waals surface area (Å²) < 4.78 is 57.7. The Balaban J connectivity index is 3.45. The Morgan fingerprint density at radius 2 is 1.93 bits per heavy atom. The van der Waals surface area contributed by atoms with E-state index in [1.54, 1.807) is 26.8 Å². The van der Waals surface area contributed by atoms with Gasteiger partial charge in [-0.05, 0) is 33.3 Å². The molecule has 1 rings (SSSR count). The number of ether oxygens (including phenoxy) is 1. The third-order valence-electron chi connectivity index (χ3n) is 3.82. The van der Waals surface area contributed by atoms with E-state index in [0.29, 0.717) is 0 Å². The fourth-order valence-corrected chi connectivity index (χ4v) is 3.19. The summed E-state index contributed by atoms with van der Waals surface area (Å²) in [5.41, 5.74) is -3.02. The number of carbonyl (C=O) groups is 1. The summed E-state index contributed by atoms with van der Waals surface area (Å²) in [7, 11) is -3.85. The van der Waals surface area contributed by atoms with Gasteiger partial charge in [0.05, 0.1) is 5.75 Å². The van der Waals surface area contributed by atoms with Crippen molar-refractivity contribution < 1.29 is 26.7 Å². The lowest BCUT2D eigenvalue weighted by molar-refractivity contribution is 0.0429. The maximum atomic E-state index is 14.4. The molecule has 154 valence electrons. The number of nitrogens with one attached hydrogen (secondary N) is 1. The summed E-state index contributed by atoms with van der Waals surface area (Å²) in [6.07, 6.45) is -0.479. The van der Waals surface area contributed by atoms with E-state index < -0.39 is 50.9 Å². The van der Waals surface area contributed by atoms with Crippen molar-refractivity contribution in [3.8, 4) is 6.07 Å². The Kier molecular flexibility index (Phi) is 7.70. The van der Waals surface area contributed by atoms with E-state index in [9.17, 15) is 22.0 Å². The van der Waals surface area contributed by atoms with Crippen molar-refractivity contribution >= 4 is 15.9 Å². The van der Waals surface area contributed by atoms with E-state index in [2.05, 4.69) is 5.32 Å². The van der Waals surface area contributed by atoms with Gasteiger partial charge in [0.1, 0.15) is 34.6 Å². The zero-order valence-electron chi connectivity index (χ0n) is 16.3. The number of nitrogens with zero attached hydrogens (tertiary/aromatic N) is 1. The molecule has 0 aliphatic heterocycles. The molecule has 0 aromatic heterocycles. The number of alkyl carbamates (subject to hydrolysis) is 1. The zero-order chi connectivity index (χ0) is 21.6. The Morgan fingerprint density at radius 1 is 1.32 bits per heavy atom. The van der Waals surface area contributed by atoms with Crippen LogP contribution in [0.15, 0.2) is 35.2 Å². The van der Waals surface area contributed by atoms with E-state index in [1.165, 1.54) is 25.1 Å². The second-order valence-corrected chi connectivity index (χ2v) is 9.36. The molecule has 0 aliphatic carbocycles. The third-order valence-corrected chi connectivity index (χ3v) is 5.51. The third kappa shape index (κ3) is 6.02. The first-order valence-electron chi connectivity index (χ1n) is 8.56.